The molecule has 0 aromatic heterocycles. The van der Waals surface area contributed by atoms with Gasteiger partial charge in [0.25, 0.3) is 0 Å². The molecule has 162 valence electrons. The molecule has 3 aliphatic rings. The molecule has 8 nitrogen and oxygen atoms in total. The highest BCUT2D eigenvalue weighted by atomic mass is 16.7. The predicted molar refractivity (Wildman–Crippen MR) is 108 cm³/mol. The number of hydrogen-bond acceptors (Lipinski definition) is 8. The molecule has 2 aromatic rings. The minimum Gasteiger partial charge on any atom is -0.504 e. The molecule has 3 aliphatic heterocycles. The number of phenolic OH excluding ortho intramolecular Hbond substituents is 1. The van der Waals surface area contributed by atoms with E-state index in [-0.39, 0.29) is 41.8 Å². The molecular formula is C23H22O8. The van der Waals surface area contributed by atoms with Crippen molar-refractivity contribution < 1.29 is 38.7 Å². The molecule has 3 heterocycles. The number of hydrogen-bond donors (Lipinski definition) is 2. The number of aliphatic hydroxyl groups is 1. The number of phenols is 1. The van der Waals surface area contributed by atoms with Crippen molar-refractivity contribution in [3.63, 3.8) is 0 Å². The zero-order valence-corrected chi connectivity index (χ0v) is 17.4. The van der Waals surface area contributed by atoms with Crippen LogP contribution in [0.5, 0.6) is 34.5 Å². The number of ether oxygens (including phenoxy) is 5. The summed E-state index contributed by atoms with van der Waals surface area (Å²) in [6.45, 7) is 3.87. The van der Waals surface area contributed by atoms with Crippen LogP contribution in [-0.2, 0) is 12.0 Å². The van der Waals surface area contributed by atoms with Gasteiger partial charge in [-0.3, -0.25) is 4.79 Å². The van der Waals surface area contributed by atoms with Gasteiger partial charge < -0.3 is 33.9 Å². The molecule has 0 aliphatic carbocycles. The van der Waals surface area contributed by atoms with Crippen LogP contribution in [0.25, 0.3) is 0 Å². The van der Waals surface area contributed by atoms with Gasteiger partial charge in [-0.15, -0.1) is 0 Å². The minimum atomic E-state index is -1.99. The number of ketones is 1. The van der Waals surface area contributed by atoms with Crippen LogP contribution in [0.1, 0.15) is 35.3 Å². The Balaban J connectivity index is 1.69. The van der Waals surface area contributed by atoms with Crippen molar-refractivity contribution in [1.82, 2.24) is 0 Å². The van der Waals surface area contributed by atoms with Gasteiger partial charge in [-0.1, -0.05) is 11.6 Å². The maximum atomic E-state index is 13.7. The molecule has 0 fully saturated rings. The first kappa shape index (κ1) is 19.6. The lowest BCUT2D eigenvalue weighted by Gasteiger charge is -2.43. The summed E-state index contributed by atoms with van der Waals surface area (Å²) in [6.07, 6.45) is 1.25. The van der Waals surface area contributed by atoms with Crippen molar-refractivity contribution in [2.45, 2.75) is 32.0 Å². The summed E-state index contributed by atoms with van der Waals surface area (Å²) in [4.78, 5) is 13.7. The summed E-state index contributed by atoms with van der Waals surface area (Å²) in [5.41, 5.74) is -0.141. The van der Waals surface area contributed by atoms with Crippen LogP contribution in [0, 0.1) is 0 Å². The lowest BCUT2D eigenvalue weighted by molar-refractivity contribution is -0.0802. The number of Topliss-reactive ketones (excluding diaryl/α,β-unsaturated/α-hetero) is 1. The summed E-state index contributed by atoms with van der Waals surface area (Å²) < 4.78 is 28.0. The SMILES string of the molecule is COc1cc2c(c(CC=C(C)C)c1O)OC1COc3cc4c(cc3C1(O)C2=O)OCO4. The van der Waals surface area contributed by atoms with E-state index in [0.717, 1.165) is 5.57 Å². The third-order valence-corrected chi connectivity index (χ3v) is 5.84. The standard InChI is InChI=1S/C23H22O8/c1-11(2)4-5-12-20(24)18(27-3)6-13-21(12)31-19-9-28-15-8-17-16(29-10-30-17)7-14(15)23(19,26)22(13)25/h4,6-8,19,24,26H,5,9-10H2,1-3H3. The number of benzene rings is 2. The highest BCUT2D eigenvalue weighted by Gasteiger charge is 2.57. The molecule has 0 saturated heterocycles. The Morgan fingerprint density at radius 2 is 1.94 bits per heavy atom. The maximum absolute atomic E-state index is 13.7. The molecular weight excluding hydrogens is 404 g/mol. The molecule has 2 atom stereocenters. The average Bonchev–Trinajstić information content (AvgIpc) is 3.20. The first-order valence-electron chi connectivity index (χ1n) is 9.91. The zero-order valence-electron chi connectivity index (χ0n) is 17.4. The lowest BCUT2D eigenvalue weighted by Crippen LogP contribution is -2.57. The topological polar surface area (TPSA) is 104 Å². The molecule has 2 unspecified atom stereocenters. The van der Waals surface area contributed by atoms with E-state index >= 15 is 0 Å². The average molecular weight is 426 g/mol. The first-order valence-corrected chi connectivity index (χ1v) is 9.91. The summed E-state index contributed by atoms with van der Waals surface area (Å²) >= 11 is 0. The van der Waals surface area contributed by atoms with E-state index < -0.39 is 17.5 Å². The maximum Gasteiger partial charge on any atom is 0.231 e. The first-order chi connectivity index (χ1) is 14.8. The summed E-state index contributed by atoms with van der Waals surface area (Å²) in [6, 6.07) is 4.56. The summed E-state index contributed by atoms with van der Waals surface area (Å²) in [5, 5.41) is 22.4. The van der Waals surface area contributed by atoms with Crippen molar-refractivity contribution in [3.05, 3.63) is 46.5 Å². The van der Waals surface area contributed by atoms with Gasteiger partial charge in [0.05, 0.1) is 12.7 Å². The number of methoxy groups -OCH3 is 1. The Labute approximate surface area is 178 Å². The molecule has 2 aromatic carbocycles. The Hall–Kier alpha value is -3.39. The van der Waals surface area contributed by atoms with Gasteiger partial charge in [0.15, 0.2) is 34.7 Å². The van der Waals surface area contributed by atoms with Gasteiger partial charge in [0.2, 0.25) is 12.6 Å². The fraction of sp³-hybridized carbons (Fsp3) is 0.348. The van der Waals surface area contributed by atoms with Crippen LogP contribution in [0.15, 0.2) is 29.8 Å². The lowest BCUT2D eigenvalue weighted by atomic mass is 9.77. The smallest absolute Gasteiger partial charge is 0.231 e. The largest absolute Gasteiger partial charge is 0.504 e. The summed E-state index contributed by atoms with van der Waals surface area (Å²) in [7, 11) is 1.40. The number of allylic oxidation sites excluding steroid dienone is 2. The van der Waals surface area contributed by atoms with Crippen molar-refractivity contribution in [1.29, 1.82) is 0 Å². The van der Waals surface area contributed by atoms with Crippen LogP contribution in [-0.4, -0.2) is 42.6 Å². The Morgan fingerprint density at radius 3 is 2.65 bits per heavy atom. The molecule has 2 N–H and O–H groups in total. The zero-order chi connectivity index (χ0) is 21.9. The van der Waals surface area contributed by atoms with E-state index in [1.807, 2.05) is 19.9 Å². The highest BCUT2D eigenvalue weighted by molar-refractivity contribution is 6.08. The Morgan fingerprint density at radius 1 is 1.19 bits per heavy atom. The third-order valence-electron chi connectivity index (χ3n) is 5.84. The van der Waals surface area contributed by atoms with Gasteiger partial charge in [-0.05, 0) is 32.4 Å². The van der Waals surface area contributed by atoms with Gasteiger partial charge in [0.1, 0.15) is 18.1 Å². The second-order valence-corrected chi connectivity index (χ2v) is 7.98. The van der Waals surface area contributed by atoms with Crippen molar-refractivity contribution >= 4 is 5.78 Å². The van der Waals surface area contributed by atoms with E-state index in [1.165, 1.54) is 13.2 Å². The second-order valence-electron chi connectivity index (χ2n) is 7.98. The van der Waals surface area contributed by atoms with Gasteiger partial charge in [-0.25, -0.2) is 0 Å². The van der Waals surface area contributed by atoms with Crippen LogP contribution >= 0.6 is 0 Å². The van der Waals surface area contributed by atoms with Crippen LogP contribution in [0.2, 0.25) is 0 Å². The van der Waals surface area contributed by atoms with E-state index in [9.17, 15) is 15.0 Å². The van der Waals surface area contributed by atoms with E-state index in [2.05, 4.69) is 0 Å². The number of aromatic hydroxyl groups is 1. The third kappa shape index (κ3) is 2.75. The Bertz CT molecular complexity index is 1130. The normalized spacial score (nSPS) is 22.5. The van der Waals surface area contributed by atoms with Crippen molar-refractivity contribution in [3.8, 4) is 34.5 Å². The van der Waals surface area contributed by atoms with E-state index in [4.69, 9.17) is 23.7 Å². The van der Waals surface area contributed by atoms with Crippen LogP contribution < -0.4 is 23.7 Å². The highest BCUT2D eigenvalue weighted by Crippen LogP contribution is 2.52. The monoisotopic (exact) mass is 426 g/mol. The molecule has 0 amide bonds. The van der Waals surface area contributed by atoms with Gasteiger partial charge in [0, 0.05) is 17.2 Å². The number of carbonyl (C=O) groups excluding carboxylic acids is 1. The van der Waals surface area contributed by atoms with E-state index in [0.29, 0.717) is 29.2 Å². The molecule has 0 bridgehead atoms. The number of rotatable bonds is 3. The van der Waals surface area contributed by atoms with E-state index in [1.54, 1.807) is 12.1 Å². The molecule has 0 saturated carbocycles. The molecule has 0 radical (unpaired) electrons. The van der Waals surface area contributed by atoms with Gasteiger partial charge in [-0.2, -0.15) is 0 Å². The van der Waals surface area contributed by atoms with Crippen LogP contribution in [0.4, 0.5) is 0 Å². The molecule has 8 heteroatoms. The second kappa shape index (κ2) is 6.81. The summed E-state index contributed by atoms with van der Waals surface area (Å²) in [5.74, 6) is 0.940. The quantitative estimate of drug-likeness (QED) is 0.723. The minimum absolute atomic E-state index is 0.0524. The number of carbonyl (C=O) groups is 1. The predicted octanol–water partition coefficient (Wildman–Crippen LogP) is 2.86. The fourth-order valence-corrected chi connectivity index (χ4v) is 4.17. The van der Waals surface area contributed by atoms with Gasteiger partial charge >= 0.3 is 0 Å². The number of fused-ring (bicyclic) bond motifs is 5. The van der Waals surface area contributed by atoms with Crippen molar-refractivity contribution in [2.24, 2.45) is 0 Å². The fourth-order valence-electron chi connectivity index (χ4n) is 4.17. The van der Waals surface area contributed by atoms with Crippen LogP contribution in [0.3, 0.4) is 0 Å². The molecule has 0 spiro atoms. The molecule has 31 heavy (non-hydrogen) atoms. The molecule has 5 rings (SSSR count). The Kier molecular flexibility index (Phi) is 4.30. The van der Waals surface area contributed by atoms with Crippen molar-refractivity contribution in [2.75, 3.05) is 20.5 Å².